The summed E-state index contributed by atoms with van der Waals surface area (Å²) in [5, 5.41) is 0. The topological polar surface area (TPSA) is 70.2 Å². The van der Waals surface area contributed by atoms with Gasteiger partial charge in [-0.2, -0.15) is 0 Å². The lowest BCUT2D eigenvalue weighted by molar-refractivity contribution is -0.132. The highest BCUT2D eigenvalue weighted by molar-refractivity contribution is 5.98. The Kier molecular flexibility index (Phi) is 5.70. The summed E-state index contributed by atoms with van der Waals surface area (Å²) in [5.41, 5.74) is 2.49. The second kappa shape index (κ2) is 8.57. The number of hydrogen-bond donors (Lipinski definition) is 0. The van der Waals surface area contributed by atoms with Crippen LogP contribution in [0.5, 0.6) is 5.75 Å². The summed E-state index contributed by atoms with van der Waals surface area (Å²) in [4.78, 5) is 42.8. The molecular weight excluding hydrogens is 382 g/mol. The first kappa shape index (κ1) is 19.9. The number of nitrogens with zero attached hydrogens (tertiary/aromatic N) is 3. The molecule has 0 saturated carbocycles. The molecule has 2 aromatic carbocycles. The van der Waals surface area contributed by atoms with Crippen molar-refractivity contribution in [1.29, 1.82) is 0 Å². The van der Waals surface area contributed by atoms with Crippen molar-refractivity contribution in [3.8, 4) is 5.75 Å². The lowest BCUT2D eigenvalue weighted by Crippen LogP contribution is -2.51. The van der Waals surface area contributed by atoms with Crippen LogP contribution in [-0.2, 0) is 9.59 Å². The predicted molar refractivity (Wildman–Crippen MR) is 113 cm³/mol. The van der Waals surface area contributed by atoms with E-state index in [9.17, 15) is 14.4 Å². The highest BCUT2D eigenvalue weighted by Crippen LogP contribution is 2.31. The molecule has 0 spiro atoms. The Hall–Kier alpha value is -3.35. The zero-order chi connectivity index (χ0) is 21.1. The van der Waals surface area contributed by atoms with E-state index >= 15 is 0 Å². The van der Waals surface area contributed by atoms with Crippen LogP contribution >= 0.6 is 0 Å². The van der Waals surface area contributed by atoms with Gasteiger partial charge in [0.1, 0.15) is 5.75 Å². The van der Waals surface area contributed by atoms with E-state index in [1.54, 1.807) is 14.7 Å². The molecular formula is C23H25N3O4. The molecule has 156 valence electrons. The van der Waals surface area contributed by atoms with Crippen molar-refractivity contribution in [2.45, 2.75) is 13.3 Å². The van der Waals surface area contributed by atoms with Gasteiger partial charge in [0.15, 0.2) is 6.61 Å². The number of fused-ring (bicyclic) bond motifs is 1. The third-order valence-corrected chi connectivity index (χ3v) is 5.58. The minimum atomic E-state index is -0.144. The first-order valence-corrected chi connectivity index (χ1v) is 10.2. The van der Waals surface area contributed by atoms with Gasteiger partial charge in [0.05, 0.1) is 5.69 Å². The van der Waals surface area contributed by atoms with E-state index in [1.165, 1.54) is 0 Å². The van der Waals surface area contributed by atoms with Crippen LogP contribution in [0.3, 0.4) is 0 Å². The van der Waals surface area contributed by atoms with Crippen molar-refractivity contribution in [1.82, 2.24) is 9.80 Å². The molecule has 3 amide bonds. The zero-order valence-corrected chi connectivity index (χ0v) is 17.0. The Bertz CT molecular complexity index is 949. The molecule has 7 nitrogen and oxygen atoms in total. The summed E-state index contributed by atoms with van der Waals surface area (Å²) >= 11 is 0. The number of rotatable bonds is 4. The minimum absolute atomic E-state index is 0.00220. The molecule has 7 heteroatoms. The molecule has 0 aromatic heterocycles. The second-order valence-corrected chi connectivity index (χ2v) is 7.59. The Morgan fingerprint density at radius 2 is 1.60 bits per heavy atom. The Labute approximate surface area is 175 Å². The fourth-order valence-corrected chi connectivity index (χ4v) is 3.80. The van der Waals surface area contributed by atoms with Crippen LogP contribution in [0.4, 0.5) is 5.69 Å². The number of carbonyl (C=O) groups excluding carboxylic acids is 3. The first-order valence-electron chi connectivity index (χ1n) is 10.2. The van der Waals surface area contributed by atoms with Gasteiger partial charge in [-0.05, 0) is 31.2 Å². The molecule has 4 rings (SSSR count). The third-order valence-electron chi connectivity index (χ3n) is 5.58. The highest BCUT2D eigenvalue weighted by Gasteiger charge is 2.28. The Morgan fingerprint density at radius 3 is 2.33 bits per heavy atom. The maximum Gasteiger partial charge on any atom is 0.265 e. The SMILES string of the molecule is Cc1ccc(C(=O)N2CCN(C(=O)CCN3C(=O)COc4ccccc43)CC2)cc1. The molecule has 1 fully saturated rings. The normalized spacial score (nSPS) is 16.2. The number of para-hydroxylation sites is 2. The summed E-state index contributed by atoms with van der Waals surface area (Å²) < 4.78 is 5.44. The van der Waals surface area contributed by atoms with Crippen LogP contribution in [0.1, 0.15) is 22.3 Å². The van der Waals surface area contributed by atoms with Gasteiger partial charge < -0.3 is 19.4 Å². The standard InChI is InChI=1S/C23H25N3O4/c1-17-6-8-18(9-7-17)23(29)25-14-12-24(13-15-25)21(27)10-11-26-19-4-2-3-5-20(19)30-16-22(26)28/h2-9H,10-16H2,1H3. The smallest absolute Gasteiger partial charge is 0.265 e. The molecule has 2 aliphatic heterocycles. The quantitative estimate of drug-likeness (QED) is 0.778. The van der Waals surface area contributed by atoms with E-state index in [0.29, 0.717) is 49.7 Å². The Balaban J connectivity index is 1.30. The van der Waals surface area contributed by atoms with Gasteiger partial charge in [0, 0.05) is 44.7 Å². The molecule has 0 aliphatic carbocycles. The molecule has 0 radical (unpaired) electrons. The fourth-order valence-electron chi connectivity index (χ4n) is 3.80. The van der Waals surface area contributed by atoms with E-state index in [1.807, 2.05) is 55.5 Å². The fraction of sp³-hybridized carbons (Fsp3) is 0.348. The summed E-state index contributed by atoms with van der Waals surface area (Å²) in [7, 11) is 0. The van der Waals surface area contributed by atoms with Gasteiger partial charge in [0.2, 0.25) is 5.91 Å². The second-order valence-electron chi connectivity index (χ2n) is 7.59. The first-order chi connectivity index (χ1) is 14.5. The summed E-state index contributed by atoms with van der Waals surface area (Å²) in [5.74, 6) is 0.509. The van der Waals surface area contributed by atoms with Crippen LogP contribution in [0.15, 0.2) is 48.5 Å². The summed E-state index contributed by atoms with van der Waals surface area (Å²) in [6, 6.07) is 14.9. The lowest BCUT2D eigenvalue weighted by Gasteiger charge is -2.35. The van der Waals surface area contributed by atoms with Crippen molar-refractivity contribution in [3.63, 3.8) is 0 Å². The number of hydrogen-bond acceptors (Lipinski definition) is 4. The van der Waals surface area contributed by atoms with E-state index in [-0.39, 0.29) is 30.7 Å². The number of anilines is 1. The van der Waals surface area contributed by atoms with Crippen molar-refractivity contribution < 1.29 is 19.1 Å². The van der Waals surface area contributed by atoms with E-state index in [4.69, 9.17) is 4.74 Å². The van der Waals surface area contributed by atoms with Crippen molar-refractivity contribution in [2.24, 2.45) is 0 Å². The largest absolute Gasteiger partial charge is 0.482 e. The monoisotopic (exact) mass is 407 g/mol. The lowest BCUT2D eigenvalue weighted by atomic mass is 10.1. The number of piperazine rings is 1. The molecule has 30 heavy (non-hydrogen) atoms. The van der Waals surface area contributed by atoms with Crippen LogP contribution in [0.25, 0.3) is 0 Å². The maximum atomic E-state index is 12.7. The number of aryl methyl sites for hydroxylation is 1. The zero-order valence-electron chi connectivity index (χ0n) is 17.0. The molecule has 1 saturated heterocycles. The molecule has 0 atom stereocenters. The van der Waals surface area contributed by atoms with Crippen molar-refractivity contribution >= 4 is 23.4 Å². The molecule has 2 heterocycles. The number of amides is 3. The van der Waals surface area contributed by atoms with E-state index in [2.05, 4.69) is 0 Å². The molecule has 0 N–H and O–H groups in total. The van der Waals surface area contributed by atoms with Gasteiger partial charge in [-0.1, -0.05) is 29.8 Å². The number of carbonyl (C=O) groups is 3. The molecule has 2 aliphatic rings. The average molecular weight is 407 g/mol. The highest BCUT2D eigenvalue weighted by atomic mass is 16.5. The van der Waals surface area contributed by atoms with Crippen molar-refractivity contribution in [3.05, 3.63) is 59.7 Å². The summed E-state index contributed by atoms with van der Waals surface area (Å²) in [6.07, 6.45) is 0.242. The summed E-state index contributed by atoms with van der Waals surface area (Å²) in [6.45, 7) is 4.33. The average Bonchev–Trinajstić information content (AvgIpc) is 2.78. The minimum Gasteiger partial charge on any atom is -0.482 e. The molecule has 0 bridgehead atoms. The maximum absolute atomic E-state index is 12.7. The van der Waals surface area contributed by atoms with E-state index in [0.717, 1.165) is 5.56 Å². The van der Waals surface area contributed by atoms with Gasteiger partial charge in [-0.3, -0.25) is 14.4 Å². The van der Waals surface area contributed by atoms with Gasteiger partial charge in [-0.15, -0.1) is 0 Å². The van der Waals surface area contributed by atoms with Crippen LogP contribution in [0, 0.1) is 6.92 Å². The third kappa shape index (κ3) is 4.15. The van der Waals surface area contributed by atoms with E-state index < -0.39 is 0 Å². The van der Waals surface area contributed by atoms with Gasteiger partial charge in [-0.25, -0.2) is 0 Å². The predicted octanol–water partition coefficient (Wildman–Crippen LogP) is 2.10. The van der Waals surface area contributed by atoms with Gasteiger partial charge in [0.25, 0.3) is 11.8 Å². The van der Waals surface area contributed by atoms with Crippen molar-refractivity contribution in [2.75, 3.05) is 44.2 Å². The van der Waals surface area contributed by atoms with Crippen LogP contribution in [-0.4, -0.2) is 66.9 Å². The van der Waals surface area contributed by atoms with Crippen LogP contribution in [0.2, 0.25) is 0 Å². The van der Waals surface area contributed by atoms with Crippen LogP contribution < -0.4 is 9.64 Å². The number of ether oxygens (including phenoxy) is 1. The van der Waals surface area contributed by atoms with Gasteiger partial charge >= 0.3 is 0 Å². The Morgan fingerprint density at radius 1 is 0.933 bits per heavy atom. The molecule has 2 aromatic rings. The molecule has 0 unspecified atom stereocenters. The number of benzene rings is 2.